The van der Waals surface area contributed by atoms with Gasteiger partial charge in [0.05, 0.1) is 13.2 Å². The molecule has 0 aromatic heterocycles. The van der Waals surface area contributed by atoms with Crippen molar-refractivity contribution >= 4 is 17.5 Å². The zero-order valence-electron chi connectivity index (χ0n) is 11.9. The Morgan fingerprint density at radius 1 is 1.24 bits per heavy atom. The van der Waals surface area contributed by atoms with Crippen molar-refractivity contribution in [3.05, 3.63) is 24.3 Å². The molecular formula is C14H20N2O5. The number of benzene rings is 1. The maximum absolute atomic E-state index is 11.9. The first-order chi connectivity index (χ1) is 9.65. The third-order valence-electron chi connectivity index (χ3n) is 2.90. The van der Waals surface area contributed by atoms with Gasteiger partial charge in [-0.2, -0.15) is 0 Å². The summed E-state index contributed by atoms with van der Waals surface area (Å²) in [5.74, 6) is 0.432. The monoisotopic (exact) mass is 296 g/mol. The molecule has 0 bridgehead atoms. The molecule has 2 rings (SSSR count). The van der Waals surface area contributed by atoms with Crippen molar-refractivity contribution in [2.75, 3.05) is 38.2 Å². The van der Waals surface area contributed by atoms with E-state index in [1.54, 1.807) is 29.2 Å². The average Bonchev–Trinajstić information content (AvgIpc) is 2.46. The Balaban J connectivity index is 0.00000220. The molecule has 0 aliphatic carbocycles. The van der Waals surface area contributed by atoms with Gasteiger partial charge < -0.3 is 25.2 Å². The number of morpholine rings is 1. The van der Waals surface area contributed by atoms with Crippen LogP contribution in [0.2, 0.25) is 0 Å². The van der Waals surface area contributed by atoms with Crippen molar-refractivity contribution in [3.8, 4) is 5.75 Å². The van der Waals surface area contributed by atoms with Crippen LogP contribution in [0.3, 0.4) is 0 Å². The van der Waals surface area contributed by atoms with E-state index in [0.29, 0.717) is 37.7 Å². The maximum Gasteiger partial charge on any atom is 0.260 e. The van der Waals surface area contributed by atoms with Crippen LogP contribution in [0.4, 0.5) is 5.69 Å². The topological polar surface area (TPSA) is 99.4 Å². The van der Waals surface area contributed by atoms with Crippen LogP contribution >= 0.6 is 0 Å². The van der Waals surface area contributed by atoms with Crippen molar-refractivity contribution in [1.82, 2.24) is 4.90 Å². The van der Waals surface area contributed by atoms with Crippen molar-refractivity contribution in [1.29, 1.82) is 0 Å². The van der Waals surface area contributed by atoms with E-state index in [0.717, 1.165) is 0 Å². The summed E-state index contributed by atoms with van der Waals surface area (Å²) in [5.41, 5.74) is 0.698. The van der Waals surface area contributed by atoms with Gasteiger partial charge in [-0.1, -0.05) is 0 Å². The molecule has 1 aliphatic heterocycles. The van der Waals surface area contributed by atoms with Crippen molar-refractivity contribution in [2.45, 2.75) is 6.92 Å². The molecule has 0 unspecified atom stereocenters. The molecule has 3 N–H and O–H groups in total. The second-order valence-corrected chi connectivity index (χ2v) is 4.49. The average molecular weight is 296 g/mol. The van der Waals surface area contributed by atoms with Crippen LogP contribution in [0, 0.1) is 0 Å². The van der Waals surface area contributed by atoms with E-state index in [4.69, 9.17) is 9.47 Å². The van der Waals surface area contributed by atoms with Gasteiger partial charge >= 0.3 is 0 Å². The lowest BCUT2D eigenvalue weighted by atomic mass is 10.3. The van der Waals surface area contributed by atoms with Crippen molar-refractivity contribution in [3.63, 3.8) is 0 Å². The lowest BCUT2D eigenvalue weighted by Gasteiger charge is -2.26. The van der Waals surface area contributed by atoms with Gasteiger partial charge in [-0.15, -0.1) is 0 Å². The quantitative estimate of drug-likeness (QED) is 0.849. The van der Waals surface area contributed by atoms with Gasteiger partial charge in [0.2, 0.25) is 5.91 Å². The lowest BCUT2D eigenvalue weighted by molar-refractivity contribution is -0.137. The number of amides is 2. The molecular weight excluding hydrogens is 276 g/mol. The summed E-state index contributed by atoms with van der Waals surface area (Å²) < 4.78 is 10.6. The highest BCUT2D eigenvalue weighted by molar-refractivity contribution is 5.88. The number of hydrogen-bond donors (Lipinski definition) is 1. The van der Waals surface area contributed by atoms with Gasteiger partial charge in [-0.3, -0.25) is 9.59 Å². The first kappa shape index (κ1) is 16.9. The van der Waals surface area contributed by atoms with E-state index < -0.39 is 0 Å². The second-order valence-electron chi connectivity index (χ2n) is 4.49. The van der Waals surface area contributed by atoms with Gasteiger partial charge in [0.15, 0.2) is 6.61 Å². The number of nitrogens with zero attached hydrogens (tertiary/aromatic N) is 1. The zero-order chi connectivity index (χ0) is 14.4. The maximum atomic E-state index is 11.9. The minimum Gasteiger partial charge on any atom is -0.484 e. The normalized spacial score (nSPS) is 14.0. The van der Waals surface area contributed by atoms with Gasteiger partial charge in [-0.25, -0.2) is 0 Å². The Labute approximate surface area is 123 Å². The van der Waals surface area contributed by atoms with E-state index in [1.165, 1.54) is 6.92 Å². The SMILES string of the molecule is CC(=O)Nc1ccc(OCC(=O)N2CCOCC2)cc1.O. The Morgan fingerprint density at radius 2 is 1.86 bits per heavy atom. The van der Waals surface area contributed by atoms with Crippen LogP contribution in [0.5, 0.6) is 5.75 Å². The molecule has 7 nitrogen and oxygen atoms in total. The van der Waals surface area contributed by atoms with E-state index in [9.17, 15) is 9.59 Å². The molecule has 1 aromatic carbocycles. The number of ether oxygens (including phenoxy) is 2. The van der Waals surface area contributed by atoms with E-state index >= 15 is 0 Å². The van der Waals surface area contributed by atoms with Crippen molar-refractivity contribution < 1.29 is 24.5 Å². The highest BCUT2D eigenvalue weighted by Gasteiger charge is 2.16. The highest BCUT2D eigenvalue weighted by Crippen LogP contribution is 2.15. The lowest BCUT2D eigenvalue weighted by Crippen LogP contribution is -2.42. The largest absolute Gasteiger partial charge is 0.484 e. The molecule has 1 fully saturated rings. The number of rotatable bonds is 4. The van der Waals surface area contributed by atoms with Crippen LogP contribution < -0.4 is 10.1 Å². The summed E-state index contributed by atoms with van der Waals surface area (Å²) >= 11 is 0. The first-order valence-electron chi connectivity index (χ1n) is 6.51. The molecule has 116 valence electrons. The Bertz CT molecular complexity index is 469. The van der Waals surface area contributed by atoms with E-state index in [1.807, 2.05) is 0 Å². The Hall–Kier alpha value is -2.12. The summed E-state index contributed by atoms with van der Waals surface area (Å²) in [6.45, 7) is 3.85. The van der Waals surface area contributed by atoms with Crippen LogP contribution in [-0.2, 0) is 14.3 Å². The Kier molecular flexibility index (Phi) is 6.64. The summed E-state index contributed by atoms with van der Waals surface area (Å²) in [6, 6.07) is 6.90. The fraction of sp³-hybridized carbons (Fsp3) is 0.429. The standard InChI is InChI=1S/C14H18N2O4.H2O/c1-11(17)15-12-2-4-13(5-3-12)20-10-14(18)16-6-8-19-9-7-16;/h2-5H,6-10H2,1H3,(H,15,17);1H2. The molecule has 0 spiro atoms. The minimum atomic E-state index is -0.124. The molecule has 0 radical (unpaired) electrons. The fourth-order valence-electron chi connectivity index (χ4n) is 1.89. The molecule has 1 saturated heterocycles. The van der Waals surface area contributed by atoms with Gasteiger partial charge in [-0.05, 0) is 24.3 Å². The molecule has 0 atom stereocenters. The summed E-state index contributed by atoms with van der Waals surface area (Å²) in [5, 5.41) is 2.67. The second kappa shape index (κ2) is 8.23. The Morgan fingerprint density at radius 3 is 2.43 bits per heavy atom. The summed E-state index contributed by atoms with van der Waals surface area (Å²) in [6.07, 6.45) is 0. The number of carbonyl (C=O) groups excluding carboxylic acids is 2. The van der Waals surface area contributed by atoms with Crippen LogP contribution in [0.15, 0.2) is 24.3 Å². The van der Waals surface area contributed by atoms with E-state index in [-0.39, 0.29) is 23.9 Å². The summed E-state index contributed by atoms with van der Waals surface area (Å²) in [7, 11) is 0. The molecule has 1 aliphatic rings. The molecule has 1 aromatic rings. The third-order valence-corrected chi connectivity index (χ3v) is 2.90. The number of hydrogen-bond acceptors (Lipinski definition) is 4. The fourth-order valence-corrected chi connectivity index (χ4v) is 1.89. The minimum absolute atomic E-state index is 0. The predicted octanol–water partition coefficient (Wildman–Crippen LogP) is 0.0579. The number of nitrogens with one attached hydrogen (secondary N) is 1. The molecule has 21 heavy (non-hydrogen) atoms. The number of carbonyl (C=O) groups is 2. The van der Waals surface area contributed by atoms with Crippen LogP contribution in [-0.4, -0.2) is 55.1 Å². The van der Waals surface area contributed by atoms with Gasteiger partial charge in [0.1, 0.15) is 5.75 Å². The van der Waals surface area contributed by atoms with Gasteiger partial charge in [0, 0.05) is 25.7 Å². The molecule has 0 saturated carbocycles. The highest BCUT2D eigenvalue weighted by atomic mass is 16.5. The van der Waals surface area contributed by atoms with Crippen LogP contribution in [0.1, 0.15) is 6.92 Å². The van der Waals surface area contributed by atoms with E-state index in [2.05, 4.69) is 5.32 Å². The third kappa shape index (κ3) is 5.41. The van der Waals surface area contributed by atoms with Crippen molar-refractivity contribution in [2.24, 2.45) is 0 Å². The summed E-state index contributed by atoms with van der Waals surface area (Å²) in [4.78, 5) is 24.5. The number of anilines is 1. The smallest absolute Gasteiger partial charge is 0.260 e. The molecule has 7 heteroatoms. The molecule has 2 amide bonds. The van der Waals surface area contributed by atoms with Crippen LogP contribution in [0.25, 0.3) is 0 Å². The first-order valence-corrected chi connectivity index (χ1v) is 6.51. The zero-order valence-corrected chi connectivity index (χ0v) is 11.9. The molecule has 1 heterocycles. The predicted molar refractivity (Wildman–Crippen MR) is 77.3 cm³/mol. The van der Waals surface area contributed by atoms with Gasteiger partial charge in [0.25, 0.3) is 5.91 Å².